The molecule has 0 heterocycles. The highest BCUT2D eigenvalue weighted by Gasteiger charge is 2.25. The minimum atomic E-state index is 0.358. The fourth-order valence-electron chi connectivity index (χ4n) is 2.83. The van der Waals surface area contributed by atoms with Crippen molar-refractivity contribution in [3.63, 3.8) is 0 Å². The van der Waals surface area contributed by atoms with Crippen molar-refractivity contribution in [2.24, 2.45) is 5.92 Å². The van der Waals surface area contributed by atoms with Crippen molar-refractivity contribution in [3.05, 3.63) is 29.8 Å². The highest BCUT2D eigenvalue weighted by atomic mass is 16.5. The lowest BCUT2D eigenvalue weighted by Crippen LogP contribution is -2.33. The maximum Gasteiger partial charge on any atom is 0.123 e. The van der Waals surface area contributed by atoms with Crippen LogP contribution in [0, 0.1) is 5.92 Å². The number of ether oxygens (including phenoxy) is 1. The SMILES string of the molecule is COc1ccccc1[C@H](C)NC1CCCC1C. The number of nitrogens with one attached hydrogen (secondary N) is 1. The van der Waals surface area contributed by atoms with Crippen LogP contribution in [0.3, 0.4) is 0 Å². The van der Waals surface area contributed by atoms with Crippen molar-refractivity contribution in [3.8, 4) is 5.75 Å². The molecule has 0 spiro atoms. The fourth-order valence-corrected chi connectivity index (χ4v) is 2.83. The maximum absolute atomic E-state index is 5.42. The van der Waals surface area contributed by atoms with Crippen LogP contribution >= 0.6 is 0 Å². The van der Waals surface area contributed by atoms with E-state index in [0.29, 0.717) is 12.1 Å². The van der Waals surface area contributed by atoms with Crippen molar-refractivity contribution in [2.75, 3.05) is 7.11 Å². The lowest BCUT2D eigenvalue weighted by Gasteiger charge is -2.24. The topological polar surface area (TPSA) is 21.3 Å². The normalized spacial score (nSPS) is 25.8. The van der Waals surface area contributed by atoms with E-state index in [1.54, 1.807) is 7.11 Å². The molecule has 0 amide bonds. The Hall–Kier alpha value is -1.02. The third-order valence-corrected chi connectivity index (χ3v) is 3.93. The van der Waals surface area contributed by atoms with Gasteiger partial charge in [-0.1, -0.05) is 31.5 Å². The first-order valence-electron chi connectivity index (χ1n) is 6.61. The Morgan fingerprint density at radius 3 is 2.71 bits per heavy atom. The molecular weight excluding hydrogens is 210 g/mol. The Morgan fingerprint density at radius 1 is 1.29 bits per heavy atom. The van der Waals surface area contributed by atoms with E-state index in [0.717, 1.165) is 11.7 Å². The molecular formula is C15H23NO. The minimum Gasteiger partial charge on any atom is -0.496 e. The third kappa shape index (κ3) is 2.81. The lowest BCUT2D eigenvalue weighted by molar-refractivity contribution is 0.369. The molecule has 1 aliphatic carbocycles. The molecule has 2 nitrogen and oxygen atoms in total. The van der Waals surface area contributed by atoms with Gasteiger partial charge in [0.1, 0.15) is 5.75 Å². The van der Waals surface area contributed by atoms with Crippen molar-refractivity contribution in [1.82, 2.24) is 5.32 Å². The second kappa shape index (κ2) is 5.54. The van der Waals surface area contributed by atoms with Gasteiger partial charge in [0.15, 0.2) is 0 Å². The summed E-state index contributed by atoms with van der Waals surface area (Å²) in [6.45, 7) is 4.57. The number of hydrogen-bond acceptors (Lipinski definition) is 2. The molecule has 1 aromatic carbocycles. The highest BCUT2D eigenvalue weighted by molar-refractivity contribution is 5.35. The zero-order chi connectivity index (χ0) is 12.3. The maximum atomic E-state index is 5.42. The van der Waals surface area contributed by atoms with E-state index >= 15 is 0 Å². The van der Waals surface area contributed by atoms with E-state index in [1.807, 2.05) is 12.1 Å². The first kappa shape index (κ1) is 12.4. The average molecular weight is 233 g/mol. The van der Waals surface area contributed by atoms with Gasteiger partial charge in [-0.2, -0.15) is 0 Å². The molecule has 94 valence electrons. The molecule has 0 saturated heterocycles. The molecule has 1 aliphatic rings. The highest BCUT2D eigenvalue weighted by Crippen LogP contribution is 2.30. The molecule has 1 fully saturated rings. The van der Waals surface area contributed by atoms with E-state index in [1.165, 1.54) is 24.8 Å². The molecule has 2 rings (SSSR count). The summed E-state index contributed by atoms with van der Waals surface area (Å²) in [5.74, 6) is 1.78. The average Bonchev–Trinajstić information content (AvgIpc) is 2.75. The summed E-state index contributed by atoms with van der Waals surface area (Å²) in [5, 5.41) is 3.74. The summed E-state index contributed by atoms with van der Waals surface area (Å²) in [6, 6.07) is 9.30. The van der Waals surface area contributed by atoms with Crippen molar-refractivity contribution < 1.29 is 4.74 Å². The van der Waals surface area contributed by atoms with Gasteiger partial charge in [-0.05, 0) is 31.7 Å². The standard InChI is InChI=1S/C15H23NO/c1-11-7-6-9-14(11)16-12(2)13-8-4-5-10-15(13)17-3/h4-5,8,10-12,14,16H,6-7,9H2,1-3H3/t11?,12-,14?/m0/s1. The van der Waals surface area contributed by atoms with Crippen LogP contribution in [0.5, 0.6) is 5.75 Å². The summed E-state index contributed by atoms with van der Waals surface area (Å²) < 4.78 is 5.42. The van der Waals surface area contributed by atoms with E-state index in [2.05, 4.69) is 31.3 Å². The van der Waals surface area contributed by atoms with Gasteiger partial charge in [-0.15, -0.1) is 0 Å². The predicted molar refractivity (Wildman–Crippen MR) is 71.3 cm³/mol. The van der Waals surface area contributed by atoms with Crippen LogP contribution in [0.1, 0.15) is 44.7 Å². The van der Waals surface area contributed by atoms with Crippen molar-refractivity contribution in [1.29, 1.82) is 0 Å². The number of rotatable bonds is 4. The molecule has 3 atom stereocenters. The van der Waals surface area contributed by atoms with Gasteiger partial charge in [0.25, 0.3) is 0 Å². The second-order valence-electron chi connectivity index (χ2n) is 5.14. The molecule has 1 N–H and O–H groups in total. The summed E-state index contributed by atoms with van der Waals surface area (Å²) >= 11 is 0. The van der Waals surface area contributed by atoms with E-state index in [4.69, 9.17) is 4.74 Å². The summed E-state index contributed by atoms with van der Waals surface area (Å²) in [6.07, 6.45) is 4.02. The smallest absolute Gasteiger partial charge is 0.123 e. The Morgan fingerprint density at radius 2 is 2.06 bits per heavy atom. The van der Waals surface area contributed by atoms with Crippen LogP contribution in [-0.2, 0) is 0 Å². The Kier molecular flexibility index (Phi) is 4.06. The summed E-state index contributed by atoms with van der Waals surface area (Å²) in [7, 11) is 1.74. The largest absolute Gasteiger partial charge is 0.496 e. The van der Waals surface area contributed by atoms with E-state index < -0.39 is 0 Å². The molecule has 0 aromatic heterocycles. The molecule has 0 bridgehead atoms. The second-order valence-corrected chi connectivity index (χ2v) is 5.14. The van der Waals surface area contributed by atoms with Crippen LogP contribution in [0.4, 0.5) is 0 Å². The molecule has 2 heteroatoms. The Labute approximate surface area is 104 Å². The quantitative estimate of drug-likeness (QED) is 0.859. The number of hydrogen-bond donors (Lipinski definition) is 1. The molecule has 0 radical (unpaired) electrons. The zero-order valence-corrected chi connectivity index (χ0v) is 11.1. The van der Waals surface area contributed by atoms with Gasteiger partial charge in [0.05, 0.1) is 7.11 Å². The van der Waals surface area contributed by atoms with Crippen molar-refractivity contribution in [2.45, 2.75) is 45.2 Å². The zero-order valence-electron chi connectivity index (χ0n) is 11.1. The Bertz CT molecular complexity index is 364. The number of benzene rings is 1. The Balaban J connectivity index is 2.06. The van der Waals surface area contributed by atoms with Gasteiger partial charge >= 0.3 is 0 Å². The van der Waals surface area contributed by atoms with Crippen LogP contribution < -0.4 is 10.1 Å². The van der Waals surface area contributed by atoms with Crippen LogP contribution in [0.25, 0.3) is 0 Å². The van der Waals surface area contributed by atoms with Crippen LogP contribution in [-0.4, -0.2) is 13.2 Å². The summed E-state index contributed by atoms with van der Waals surface area (Å²) in [5.41, 5.74) is 1.26. The molecule has 1 saturated carbocycles. The molecule has 0 aliphatic heterocycles. The first-order chi connectivity index (χ1) is 8.22. The molecule has 1 aromatic rings. The van der Waals surface area contributed by atoms with Gasteiger partial charge in [-0.25, -0.2) is 0 Å². The van der Waals surface area contributed by atoms with Gasteiger partial charge in [-0.3, -0.25) is 0 Å². The number of methoxy groups -OCH3 is 1. The number of para-hydroxylation sites is 1. The first-order valence-corrected chi connectivity index (χ1v) is 6.61. The van der Waals surface area contributed by atoms with Gasteiger partial charge < -0.3 is 10.1 Å². The molecule has 17 heavy (non-hydrogen) atoms. The monoisotopic (exact) mass is 233 g/mol. The van der Waals surface area contributed by atoms with E-state index in [-0.39, 0.29) is 0 Å². The fraction of sp³-hybridized carbons (Fsp3) is 0.600. The summed E-state index contributed by atoms with van der Waals surface area (Å²) in [4.78, 5) is 0. The van der Waals surface area contributed by atoms with Crippen LogP contribution in [0.2, 0.25) is 0 Å². The van der Waals surface area contributed by atoms with Gasteiger partial charge in [0.2, 0.25) is 0 Å². The molecule has 2 unspecified atom stereocenters. The van der Waals surface area contributed by atoms with Gasteiger partial charge in [0, 0.05) is 17.6 Å². The van der Waals surface area contributed by atoms with E-state index in [9.17, 15) is 0 Å². The van der Waals surface area contributed by atoms with Crippen molar-refractivity contribution >= 4 is 0 Å². The van der Waals surface area contributed by atoms with Crippen LogP contribution in [0.15, 0.2) is 24.3 Å². The lowest BCUT2D eigenvalue weighted by atomic mass is 10.0. The third-order valence-electron chi connectivity index (χ3n) is 3.93. The minimum absolute atomic E-state index is 0.358. The predicted octanol–water partition coefficient (Wildman–Crippen LogP) is 3.53.